The van der Waals surface area contributed by atoms with Gasteiger partial charge in [-0.3, -0.25) is 0 Å². The van der Waals surface area contributed by atoms with Gasteiger partial charge in [0.05, 0.1) is 6.54 Å². The van der Waals surface area contributed by atoms with E-state index in [1.807, 2.05) is 6.92 Å². The van der Waals surface area contributed by atoms with E-state index in [9.17, 15) is 0 Å². The monoisotopic (exact) mass is 132 g/mol. The van der Waals surface area contributed by atoms with Gasteiger partial charge >= 0.3 is 0 Å². The standard InChI is InChI=1S/C3H5ClN4/c1-2-8-6-3(4)5-7-8/h2H2,1H3. The van der Waals surface area contributed by atoms with Crippen LogP contribution in [0.15, 0.2) is 0 Å². The molecule has 1 aromatic rings. The Kier molecular flexibility index (Phi) is 1.43. The summed E-state index contributed by atoms with van der Waals surface area (Å²) in [7, 11) is 0. The maximum atomic E-state index is 5.33. The van der Waals surface area contributed by atoms with Gasteiger partial charge < -0.3 is 0 Å². The van der Waals surface area contributed by atoms with Crippen molar-refractivity contribution < 1.29 is 0 Å². The third kappa shape index (κ3) is 0.949. The highest BCUT2D eigenvalue weighted by Crippen LogP contribution is 1.91. The van der Waals surface area contributed by atoms with Crippen molar-refractivity contribution in [1.29, 1.82) is 0 Å². The molecule has 1 aromatic heterocycles. The zero-order valence-corrected chi connectivity index (χ0v) is 5.13. The van der Waals surface area contributed by atoms with Gasteiger partial charge in [0.15, 0.2) is 0 Å². The Balaban J connectivity index is 2.84. The molecule has 0 aliphatic rings. The van der Waals surface area contributed by atoms with E-state index in [0.29, 0.717) is 6.54 Å². The summed E-state index contributed by atoms with van der Waals surface area (Å²) in [4.78, 5) is 1.42. The molecule has 0 spiro atoms. The van der Waals surface area contributed by atoms with Gasteiger partial charge in [0.2, 0.25) is 0 Å². The fourth-order valence-corrected chi connectivity index (χ4v) is 0.479. The SMILES string of the molecule is CCn1nnc(Cl)n1. The molecule has 0 saturated heterocycles. The van der Waals surface area contributed by atoms with Crippen LogP contribution >= 0.6 is 11.6 Å². The number of hydrogen-bond donors (Lipinski definition) is 0. The van der Waals surface area contributed by atoms with Crippen LogP contribution in [0.3, 0.4) is 0 Å². The maximum Gasteiger partial charge on any atom is 0.264 e. The molecule has 0 amide bonds. The lowest BCUT2D eigenvalue weighted by Gasteiger charge is -1.83. The highest BCUT2D eigenvalue weighted by atomic mass is 35.5. The van der Waals surface area contributed by atoms with E-state index in [1.165, 1.54) is 4.80 Å². The molecule has 0 bridgehead atoms. The minimum absolute atomic E-state index is 0.201. The number of aryl methyl sites for hydroxylation is 1. The Morgan fingerprint density at radius 1 is 1.75 bits per heavy atom. The van der Waals surface area contributed by atoms with Crippen molar-refractivity contribution in [2.24, 2.45) is 0 Å². The Morgan fingerprint density at radius 2 is 2.50 bits per heavy atom. The minimum Gasteiger partial charge on any atom is -0.163 e. The number of aromatic nitrogens is 4. The summed E-state index contributed by atoms with van der Waals surface area (Å²) in [5.74, 6) is 0. The van der Waals surface area contributed by atoms with E-state index in [0.717, 1.165) is 0 Å². The summed E-state index contributed by atoms with van der Waals surface area (Å²) in [5, 5.41) is 10.9. The lowest BCUT2D eigenvalue weighted by molar-refractivity contribution is 0.552. The number of rotatable bonds is 1. The summed E-state index contributed by atoms with van der Waals surface area (Å²) in [6.45, 7) is 2.62. The second-order valence-corrected chi connectivity index (χ2v) is 1.59. The average Bonchev–Trinajstić information content (AvgIpc) is 2.14. The Bertz CT molecular complexity index is 172. The zero-order chi connectivity index (χ0) is 5.98. The van der Waals surface area contributed by atoms with Crippen LogP contribution in [0, 0.1) is 0 Å². The van der Waals surface area contributed by atoms with Crippen LogP contribution in [-0.2, 0) is 6.54 Å². The quantitative estimate of drug-likeness (QED) is 0.554. The third-order valence-electron chi connectivity index (χ3n) is 0.711. The molecule has 0 unspecified atom stereocenters. The highest BCUT2D eigenvalue weighted by molar-refractivity contribution is 6.28. The number of hydrogen-bond acceptors (Lipinski definition) is 3. The van der Waals surface area contributed by atoms with Crippen molar-refractivity contribution >= 4 is 11.6 Å². The van der Waals surface area contributed by atoms with Gasteiger partial charge in [0.1, 0.15) is 0 Å². The smallest absolute Gasteiger partial charge is 0.163 e. The van der Waals surface area contributed by atoms with Gasteiger partial charge in [-0.1, -0.05) is 5.10 Å². The van der Waals surface area contributed by atoms with Gasteiger partial charge in [-0.25, -0.2) is 0 Å². The fourth-order valence-electron chi connectivity index (χ4n) is 0.358. The van der Waals surface area contributed by atoms with Crippen molar-refractivity contribution in [2.45, 2.75) is 13.5 Å². The molecule has 1 rings (SSSR count). The summed E-state index contributed by atoms with van der Waals surface area (Å²) < 4.78 is 0. The van der Waals surface area contributed by atoms with Crippen LogP contribution in [0.4, 0.5) is 0 Å². The molecule has 1 heterocycles. The average molecular weight is 133 g/mol. The van der Waals surface area contributed by atoms with Gasteiger partial charge in [0, 0.05) is 0 Å². The first-order chi connectivity index (χ1) is 3.83. The summed E-state index contributed by atoms with van der Waals surface area (Å²) in [6.07, 6.45) is 0. The fraction of sp³-hybridized carbons (Fsp3) is 0.667. The number of tetrazole rings is 1. The molecule has 0 atom stereocenters. The maximum absolute atomic E-state index is 5.33. The van der Waals surface area contributed by atoms with Crippen molar-refractivity contribution in [3.63, 3.8) is 0 Å². The minimum atomic E-state index is 0.201. The third-order valence-corrected chi connectivity index (χ3v) is 0.862. The predicted octanol–water partition coefficient (Wildman–Crippen LogP) is 0.346. The topological polar surface area (TPSA) is 43.6 Å². The lowest BCUT2D eigenvalue weighted by Crippen LogP contribution is -1.97. The Hall–Kier alpha value is -0.640. The molecule has 0 saturated carbocycles. The molecular weight excluding hydrogens is 128 g/mol. The van der Waals surface area contributed by atoms with Crippen LogP contribution in [0.25, 0.3) is 0 Å². The molecule has 44 valence electrons. The van der Waals surface area contributed by atoms with Crippen molar-refractivity contribution in [3.8, 4) is 0 Å². The second-order valence-electron chi connectivity index (χ2n) is 1.25. The van der Waals surface area contributed by atoms with E-state index in [1.54, 1.807) is 0 Å². The molecule has 4 nitrogen and oxygen atoms in total. The van der Waals surface area contributed by atoms with Crippen molar-refractivity contribution in [1.82, 2.24) is 20.2 Å². The van der Waals surface area contributed by atoms with Crippen molar-refractivity contribution in [3.05, 3.63) is 5.28 Å². The van der Waals surface area contributed by atoms with Crippen LogP contribution in [-0.4, -0.2) is 20.2 Å². The molecule has 0 aromatic carbocycles. The largest absolute Gasteiger partial charge is 0.264 e. The van der Waals surface area contributed by atoms with E-state index < -0.39 is 0 Å². The highest BCUT2D eigenvalue weighted by Gasteiger charge is 1.92. The summed E-state index contributed by atoms with van der Waals surface area (Å²) in [5.41, 5.74) is 0. The molecule has 0 N–H and O–H groups in total. The first-order valence-electron chi connectivity index (χ1n) is 2.26. The van der Waals surface area contributed by atoms with E-state index in [2.05, 4.69) is 15.4 Å². The normalized spacial score (nSPS) is 9.75. The Morgan fingerprint density at radius 3 is 2.75 bits per heavy atom. The molecule has 0 aliphatic heterocycles. The van der Waals surface area contributed by atoms with Crippen LogP contribution in [0.2, 0.25) is 5.28 Å². The van der Waals surface area contributed by atoms with Gasteiger partial charge in [0.25, 0.3) is 5.28 Å². The van der Waals surface area contributed by atoms with Gasteiger partial charge in [-0.2, -0.15) is 4.80 Å². The molecule has 5 heteroatoms. The summed E-state index contributed by atoms with van der Waals surface area (Å²) >= 11 is 5.33. The predicted molar refractivity (Wildman–Crippen MR) is 28.5 cm³/mol. The first kappa shape index (κ1) is 5.50. The van der Waals surface area contributed by atoms with E-state index in [-0.39, 0.29) is 5.28 Å². The second kappa shape index (κ2) is 2.09. The van der Waals surface area contributed by atoms with Crippen LogP contribution < -0.4 is 0 Å². The van der Waals surface area contributed by atoms with Gasteiger partial charge in [-0.15, -0.1) is 5.10 Å². The van der Waals surface area contributed by atoms with Crippen LogP contribution in [0.5, 0.6) is 0 Å². The lowest BCUT2D eigenvalue weighted by atomic mass is 10.8. The molecule has 0 radical (unpaired) electrons. The molecule has 0 aliphatic carbocycles. The van der Waals surface area contributed by atoms with Crippen LogP contribution in [0.1, 0.15) is 6.92 Å². The first-order valence-corrected chi connectivity index (χ1v) is 2.64. The number of halogens is 1. The Labute approximate surface area is 51.4 Å². The molecule has 0 fully saturated rings. The van der Waals surface area contributed by atoms with Gasteiger partial charge in [-0.05, 0) is 23.7 Å². The van der Waals surface area contributed by atoms with E-state index in [4.69, 9.17) is 11.6 Å². The number of nitrogens with zero attached hydrogens (tertiary/aromatic N) is 4. The molecular formula is C3H5ClN4. The molecule has 8 heavy (non-hydrogen) atoms. The van der Waals surface area contributed by atoms with E-state index >= 15 is 0 Å². The summed E-state index contributed by atoms with van der Waals surface area (Å²) in [6, 6.07) is 0. The van der Waals surface area contributed by atoms with Crippen molar-refractivity contribution in [2.75, 3.05) is 0 Å². The zero-order valence-electron chi connectivity index (χ0n) is 4.37.